The molecule has 0 heterocycles. The van der Waals surface area contributed by atoms with Gasteiger partial charge in [-0.1, -0.05) is 18.7 Å². The van der Waals surface area contributed by atoms with Crippen molar-refractivity contribution in [1.82, 2.24) is 5.01 Å². The van der Waals surface area contributed by atoms with Crippen molar-refractivity contribution < 1.29 is 4.92 Å². The zero-order valence-electron chi connectivity index (χ0n) is 10.1. The maximum Gasteiger partial charge on any atom is 0.292 e. The average molecular weight is 248 g/mol. The van der Waals surface area contributed by atoms with E-state index in [1.54, 1.807) is 29.4 Å². The predicted octanol–water partition coefficient (Wildman–Crippen LogP) is 2.46. The van der Waals surface area contributed by atoms with Gasteiger partial charge in [-0.15, -0.1) is 0 Å². The van der Waals surface area contributed by atoms with Crippen molar-refractivity contribution in [3.63, 3.8) is 0 Å². The number of nitrogens with one attached hydrogen (secondary N) is 1. The van der Waals surface area contributed by atoms with E-state index in [0.717, 1.165) is 6.42 Å². The van der Waals surface area contributed by atoms with Gasteiger partial charge in [0.15, 0.2) is 0 Å². The molecule has 0 spiro atoms. The van der Waals surface area contributed by atoms with Crippen LogP contribution in [0.4, 0.5) is 11.4 Å². The van der Waals surface area contributed by atoms with Crippen LogP contribution < -0.4 is 5.32 Å². The molecule has 0 atom stereocenters. The van der Waals surface area contributed by atoms with Crippen LogP contribution in [0.15, 0.2) is 42.1 Å². The third-order valence-corrected chi connectivity index (χ3v) is 2.37. The van der Waals surface area contributed by atoms with Gasteiger partial charge in [-0.05, 0) is 12.5 Å². The lowest BCUT2D eigenvalue weighted by Crippen LogP contribution is -2.14. The van der Waals surface area contributed by atoms with Crippen LogP contribution in [0.25, 0.3) is 0 Å². The second kappa shape index (κ2) is 7.05. The minimum Gasteiger partial charge on any atom is -0.379 e. The fraction of sp³-hybridized carbons (Fsp3) is 0.250. The Hall–Kier alpha value is -2.37. The Morgan fingerprint density at radius 2 is 2.22 bits per heavy atom. The topological polar surface area (TPSA) is 70.8 Å². The summed E-state index contributed by atoms with van der Waals surface area (Å²) in [6, 6.07) is 6.57. The van der Waals surface area contributed by atoms with Crippen LogP contribution in [0, 0.1) is 10.1 Å². The van der Waals surface area contributed by atoms with Crippen molar-refractivity contribution in [2.45, 2.75) is 6.42 Å². The van der Waals surface area contributed by atoms with Gasteiger partial charge < -0.3 is 5.32 Å². The summed E-state index contributed by atoms with van der Waals surface area (Å²) in [7, 11) is 0. The maximum atomic E-state index is 10.8. The largest absolute Gasteiger partial charge is 0.379 e. The van der Waals surface area contributed by atoms with Crippen LogP contribution in [0.2, 0.25) is 0 Å². The van der Waals surface area contributed by atoms with E-state index >= 15 is 0 Å². The van der Waals surface area contributed by atoms with Gasteiger partial charge >= 0.3 is 0 Å². The molecule has 1 aromatic carbocycles. The maximum absolute atomic E-state index is 10.8. The average Bonchev–Trinajstić information content (AvgIpc) is 2.39. The monoisotopic (exact) mass is 248 g/mol. The molecule has 0 aliphatic carbocycles. The predicted molar refractivity (Wildman–Crippen MR) is 72.7 cm³/mol. The second-order valence-electron chi connectivity index (χ2n) is 3.54. The first-order valence-electron chi connectivity index (χ1n) is 5.52. The number of hydrazone groups is 1. The number of rotatable bonds is 8. The zero-order chi connectivity index (χ0) is 13.4. The number of anilines is 1. The zero-order valence-corrected chi connectivity index (χ0v) is 10.1. The lowest BCUT2D eigenvalue weighted by molar-refractivity contribution is -0.384. The smallest absolute Gasteiger partial charge is 0.292 e. The first kappa shape index (κ1) is 13.7. The number of hydrogen-bond acceptors (Lipinski definition) is 5. The minimum atomic E-state index is -0.399. The van der Waals surface area contributed by atoms with Crippen molar-refractivity contribution in [3.05, 3.63) is 47.2 Å². The Balaban J connectivity index is 2.46. The molecule has 1 N–H and O–H groups in total. The van der Waals surface area contributed by atoms with Crippen LogP contribution >= 0.6 is 0 Å². The van der Waals surface area contributed by atoms with E-state index in [1.807, 2.05) is 0 Å². The summed E-state index contributed by atoms with van der Waals surface area (Å²) in [5, 5.41) is 19.1. The molecule has 0 saturated heterocycles. The highest BCUT2D eigenvalue weighted by atomic mass is 16.6. The number of nitrogens with zero attached hydrogens (tertiary/aromatic N) is 3. The number of hydrogen-bond donors (Lipinski definition) is 1. The normalized spacial score (nSPS) is 9.56. The van der Waals surface area contributed by atoms with Gasteiger partial charge in [0.1, 0.15) is 5.69 Å². The summed E-state index contributed by atoms with van der Waals surface area (Å²) in [4.78, 5) is 10.4. The minimum absolute atomic E-state index is 0.0833. The quantitative estimate of drug-likeness (QED) is 0.332. The summed E-state index contributed by atoms with van der Waals surface area (Å²) in [5.74, 6) is 0. The highest BCUT2D eigenvalue weighted by molar-refractivity contribution is 5.60. The number of nitro benzene ring substituents is 1. The number of benzene rings is 1. The van der Waals surface area contributed by atoms with Crippen molar-refractivity contribution in [2.24, 2.45) is 5.10 Å². The molecule has 1 rings (SSSR count). The van der Waals surface area contributed by atoms with E-state index in [2.05, 4.69) is 23.7 Å². The highest BCUT2D eigenvalue weighted by Crippen LogP contribution is 2.22. The van der Waals surface area contributed by atoms with Gasteiger partial charge in [-0.25, -0.2) is 0 Å². The van der Waals surface area contributed by atoms with Crippen LogP contribution in [0.5, 0.6) is 0 Å². The summed E-state index contributed by atoms with van der Waals surface area (Å²) >= 11 is 0. The van der Waals surface area contributed by atoms with Crippen molar-refractivity contribution in [2.75, 3.05) is 18.4 Å². The molecule has 6 heteroatoms. The van der Waals surface area contributed by atoms with Crippen LogP contribution in [-0.2, 0) is 0 Å². The summed E-state index contributed by atoms with van der Waals surface area (Å²) in [5.41, 5.74) is 0.610. The number of nitro groups is 1. The Morgan fingerprint density at radius 1 is 1.50 bits per heavy atom. The lowest BCUT2D eigenvalue weighted by atomic mass is 10.2. The van der Waals surface area contributed by atoms with Crippen LogP contribution in [-0.4, -0.2) is 29.7 Å². The molecule has 6 nitrogen and oxygen atoms in total. The van der Waals surface area contributed by atoms with E-state index in [9.17, 15) is 10.1 Å². The third kappa shape index (κ3) is 3.89. The third-order valence-electron chi connectivity index (χ3n) is 2.37. The molecule has 1 aromatic rings. The Kier molecular flexibility index (Phi) is 5.37. The Bertz CT molecular complexity index is 426. The summed E-state index contributed by atoms with van der Waals surface area (Å²) in [6.45, 7) is 8.27. The SMILES string of the molecule is C=CN(CCCNc1ccccc1[N+](=O)[O-])N=C. The second-order valence-corrected chi connectivity index (χ2v) is 3.54. The molecular weight excluding hydrogens is 232 g/mol. The molecule has 0 aromatic heterocycles. The number of para-hydroxylation sites is 2. The van der Waals surface area contributed by atoms with Gasteiger partial charge in [0.05, 0.1) is 4.92 Å². The van der Waals surface area contributed by atoms with E-state index in [4.69, 9.17) is 0 Å². The first-order valence-corrected chi connectivity index (χ1v) is 5.52. The molecule has 18 heavy (non-hydrogen) atoms. The molecule has 0 radical (unpaired) electrons. The van der Waals surface area contributed by atoms with E-state index in [0.29, 0.717) is 18.8 Å². The van der Waals surface area contributed by atoms with Gasteiger partial charge in [-0.2, -0.15) is 5.10 Å². The molecule has 0 amide bonds. The van der Waals surface area contributed by atoms with E-state index in [-0.39, 0.29) is 5.69 Å². The molecule has 0 fully saturated rings. The summed E-state index contributed by atoms with van der Waals surface area (Å²) in [6.07, 6.45) is 2.36. The van der Waals surface area contributed by atoms with E-state index < -0.39 is 4.92 Å². The van der Waals surface area contributed by atoms with Crippen molar-refractivity contribution in [1.29, 1.82) is 0 Å². The van der Waals surface area contributed by atoms with Gasteiger partial charge in [0.2, 0.25) is 0 Å². The van der Waals surface area contributed by atoms with Crippen molar-refractivity contribution >= 4 is 18.1 Å². The molecule has 0 saturated carbocycles. The Labute approximate surface area is 106 Å². The lowest BCUT2D eigenvalue weighted by Gasteiger charge is -2.13. The molecule has 0 aliphatic rings. The van der Waals surface area contributed by atoms with Gasteiger partial charge in [-0.3, -0.25) is 15.1 Å². The van der Waals surface area contributed by atoms with Crippen LogP contribution in [0.1, 0.15) is 6.42 Å². The van der Waals surface area contributed by atoms with Crippen molar-refractivity contribution in [3.8, 4) is 0 Å². The Morgan fingerprint density at radius 3 is 2.83 bits per heavy atom. The molecular formula is C12H16N4O2. The fourth-order valence-electron chi connectivity index (χ4n) is 1.47. The standard InChI is InChI=1S/C12H16N4O2/c1-3-15(13-2)10-6-9-14-11-7-4-5-8-12(11)16(17)18/h3-5,7-8,14H,1-2,6,9-10H2. The van der Waals surface area contributed by atoms with Gasteiger partial charge in [0.25, 0.3) is 5.69 Å². The summed E-state index contributed by atoms with van der Waals surface area (Å²) < 4.78 is 0. The fourth-order valence-corrected chi connectivity index (χ4v) is 1.47. The first-order chi connectivity index (χ1) is 8.69. The molecule has 0 aliphatic heterocycles. The van der Waals surface area contributed by atoms with Gasteiger partial charge in [0, 0.05) is 32.1 Å². The molecule has 0 unspecified atom stereocenters. The van der Waals surface area contributed by atoms with Crippen LogP contribution in [0.3, 0.4) is 0 Å². The highest BCUT2D eigenvalue weighted by Gasteiger charge is 2.11. The molecule has 0 bridgehead atoms. The van der Waals surface area contributed by atoms with E-state index in [1.165, 1.54) is 6.07 Å². The molecule has 96 valence electrons.